The summed E-state index contributed by atoms with van der Waals surface area (Å²) in [7, 11) is 0. The minimum absolute atomic E-state index is 0.105. The van der Waals surface area contributed by atoms with Crippen LogP contribution in [-0.2, 0) is 10.1 Å². The van der Waals surface area contributed by atoms with E-state index in [4.69, 9.17) is 39.5 Å². The summed E-state index contributed by atoms with van der Waals surface area (Å²) in [5, 5.41) is 0.823. The fourth-order valence-electron chi connectivity index (χ4n) is 2.84. The molecule has 5 nitrogen and oxygen atoms in total. The zero-order valence-electron chi connectivity index (χ0n) is 15.3. The second-order valence-corrected chi connectivity index (χ2v) is 7.92. The van der Waals surface area contributed by atoms with E-state index in [1.807, 2.05) is 6.92 Å². The van der Waals surface area contributed by atoms with E-state index in [0.717, 1.165) is 12.8 Å². The van der Waals surface area contributed by atoms with Crippen LogP contribution in [0.5, 0.6) is 0 Å². The molecule has 9 heteroatoms. The highest BCUT2D eigenvalue weighted by Crippen LogP contribution is 2.35. The van der Waals surface area contributed by atoms with E-state index in [-0.39, 0.29) is 36.9 Å². The lowest BCUT2D eigenvalue weighted by Crippen LogP contribution is -2.25. The maximum absolute atomic E-state index is 13.3. The molecule has 0 saturated carbocycles. The Morgan fingerprint density at radius 1 is 1.21 bits per heavy atom. The van der Waals surface area contributed by atoms with Gasteiger partial charge >= 0.3 is 5.97 Å². The van der Waals surface area contributed by atoms with Crippen molar-refractivity contribution < 1.29 is 9.53 Å². The van der Waals surface area contributed by atoms with Gasteiger partial charge in [0.1, 0.15) is 5.82 Å². The van der Waals surface area contributed by atoms with Crippen LogP contribution in [0.2, 0.25) is 15.1 Å². The van der Waals surface area contributed by atoms with Crippen LogP contribution in [0.1, 0.15) is 35.9 Å². The van der Waals surface area contributed by atoms with E-state index in [1.165, 1.54) is 10.6 Å². The second-order valence-electron chi connectivity index (χ2n) is 6.19. The number of halogens is 4. The Morgan fingerprint density at radius 3 is 2.62 bits per heavy atom. The molecule has 1 aromatic heterocycles. The number of unbranched alkanes of at least 4 members (excludes halogenated alkanes) is 1. The summed E-state index contributed by atoms with van der Waals surface area (Å²) in [6.45, 7) is 2.32. The van der Waals surface area contributed by atoms with Crippen LogP contribution < -0.4 is 5.56 Å². The predicted molar refractivity (Wildman–Crippen MR) is 120 cm³/mol. The molecule has 0 amide bonds. The molecule has 0 saturated heterocycles. The molecule has 3 rings (SSSR count). The maximum Gasteiger partial charge on any atom is 0.340 e. The normalized spacial score (nSPS) is 11.1. The zero-order valence-corrected chi connectivity index (χ0v) is 19.2. The van der Waals surface area contributed by atoms with E-state index in [0.29, 0.717) is 18.1 Å². The number of nitrogens with zero attached hydrogens (tertiary/aromatic N) is 2. The number of esters is 1. The summed E-state index contributed by atoms with van der Waals surface area (Å²) in [5.41, 5.74) is 0.462. The Kier molecular flexibility index (Phi) is 7.22. The molecule has 0 fully saturated rings. The number of rotatable bonds is 6. The van der Waals surface area contributed by atoms with Crippen molar-refractivity contribution in [2.24, 2.45) is 0 Å². The molecule has 0 aliphatic carbocycles. The van der Waals surface area contributed by atoms with Gasteiger partial charge in [0, 0.05) is 0 Å². The van der Waals surface area contributed by atoms with Crippen LogP contribution in [0.4, 0.5) is 0 Å². The first-order valence-electron chi connectivity index (χ1n) is 8.82. The number of benzene rings is 2. The molecule has 0 radical (unpaired) electrons. The van der Waals surface area contributed by atoms with Crippen molar-refractivity contribution in [1.29, 1.82) is 0 Å². The van der Waals surface area contributed by atoms with Crippen LogP contribution in [-0.4, -0.2) is 22.1 Å². The third-order valence-electron chi connectivity index (χ3n) is 4.28. The predicted octanol–water partition coefficient (Wildman–Crippen LogP) is 6.20. The molecule has 1 heterocycles. The van der Waals surface area contributed by atoms with E-state index in [1.54, 1.807) is 24.3 Å². The van der Waals surface area contributed by atoms with Gasteiger partial charge < -0.3 is 4.74 Å². The van der Waals surface area contributed by atoms with Gasteiger partial charge in [-0.05, 0) is 24.6 Å². The van der Waals surface area contributed by atoms with E-state index in [9.17, 15) is 9.59 Å². The molecule has 0 unspecified atom stereocenters. The van der Waals surface area contributed by atoms with Gasteiger partial charge in [-0.25, -0.2) is 9.78 Å². The molecule has 0 spiro atoms. The quantitative estimate of drug-likeness (QED) is 0.169. The van der Waals surface area contributed by atoms with Crippen LogP contribution >= 0.6 is 50.7 Å². The second kappa shape index (κ2) is 9.47. The van der Waals surface area contributed by atoms with Crippen molar-refractivity contribution in [2.75, 3.05) is 6.61 Å². The molecule has 0 N–H and O–H groups in total. The van der Waals surface area contributed by atoms with Gasteiger partial charge in [-0.3, -0.25) is 9.36 Å². The summed E-state index contributed by atoms with van der Waals surface area (Å²) in [4.78, 5) is 30.5. The number of para-hydroxylation sites is 1. The van der Waals surface area contributed by atoms with Gasteiger partial charge in [0.25, 0.3) is 5.56 Å². The Hall–Kier alpha value is -1.60. The largest absolute Gasteiger partial charge is 0.462 e. The average molecular weight is 519 g/mol. The lowest BCUT2D eigenvalue weighted by molar-refractivity contribution is 0.0499. The van der Waals surface area contributed by atoms with Crippen molar-refractivity contribution in [2.45, 2.75) is 25.1 Å². The highest BCUT2D eigenvalue weighted by Gasteiger charge is 2.21. The molecular formula is C20H16BrCl3N2O3. The Bertz CT molecular complexity index is 1150. The average Bonchev–Trinajstić information content (AvgIpc) is 2.72. The smallest absolute Gasteiger partial charge is 0.340 e. The topological polar surface area (TPSA) is 61.2 Å². The molecule has 2 aromatic carbocycles. The molecule has 152 valence electrons. The summed E-state index contributed by atoms with van der Waals surface area (Å²) in [6.07, 6.45) is 1.66. The summed E-state index contributed by atoms with van der Waals surface area (Å²) in [5.74, 6) is -0.148. The van der Waals surface area contributed by atoms with Crippen LogP contribution in [0.3, 0.4) is 0 Å². The number of carbonyl (C=O) groups is 1. The first-order chi connectivity index (χ1) is 13.9. The molecule has 29 heavy (non-hydrogen) atoms. The lowest BCUT2D eigenvalue weighted by Gasteiger charge is -2.16. The summed E-state index contributed by atoms with van der Waals surface area (Å²) in [6, 6.07) is 8.14. The number of ether oxygens (including phenoxy) is 1. The SMILES string of the molecule is CCCCOC(=O)c1ccccc1-n1c(CBr)nc2c(Cl)c(Cl)c(Cl)cc2c1=O. The highest BCUT2D eigenvalue weighted by molar-refractivity contribution is 9.08. The first-order valence-corrected chi connectivity index (χ1v) is 11.1. The fraction of sp³-hybridized carbons (Fsp3) is 0.250. The van der Waals surface area contributed by atoms with E-state index < -0.39 is 11.5 Å². The number of hydrogen-bond donors (Lipinski definition) is 0. The monoisotopic (exact) mass is 516 g/mol. The molecule has 0 atom stereocenters. The maximum atomic E-state index is 13.3. The third kappa shape index (κ3) is 4.31. The lowest BCUT2D eigenvalue weighted by atomic mass is 10.1. The minimum Gasteiger partial charge on any atom is -0.462 e. The van der Waals surface area contributed by atoms with E-state index >= 15 is 0 Å². The summed E-state index contributed by atoms with van der Waals surface area (Å²) < 4.78 is 6.69. The van der Waals surface area contributed by atoms with Gasteiger partial charge in [-0.15, -0.1) is 0 Å². The standard InChI is InChI=1S/C20H16BrCl3N2O3/c1-2-3-8-29-20(28)11-6-4-5-7-14(11)26-15(10-21)25-18-12(19(26)27)9-13(22)16(23)17(18)24/h4-7,9H,2-3,8,10H2,1H3. The summed E-state index contributed by atoms with van der Waals surface area (Å²) >= 11 is 21.8. The zero-order chi connectivity index (χ0) is 21.1. The molecule has 0 aliphatic rings. The van der Waals surface area contributed by atoms with Crippen LogP contribution in [0.25, 0.3) is 16.6 Å². The fourth-order valence-corrected chi connectivity index (χ4v) is 3.86. The van der Waals surface area contributed by atoms with Crippen molar-refractivity contribution in [3.63, 3.8) is 0 Å². The third-order valence-corrected chi connectivity index (χ3v) is 6.04. The highest BCUT2D eigenvalue weighted by atomic mass is 79.9. The van der Waals surface area contributed by atoms with Gasteiger partial charge in [0.2, 0.25) is 0 Å². The number of fused-ring (bicyclic) bond motifs is 1. The van der Waals surface area contributed by atoms with Gasteiger partial charge in [0.15, 0.2) is 0 Å². The van der Waals surface area contributed by atoms with Gasteiger partial charge in [-0.2, -0.15) is 0 Å². The first kappa shape index (κ1) is 22.1. The molecule has 3 aromatic rings. The van der Waals surface area contributed by atoms with Crippen molar-refractivity contribution in [3.05, 3.63) is 67.1 Å². The van der Waals surface area contributed by atoms with E-state index in [2.05, 4.69) is 20.9 Å². The molecular weight excluding hydrogens is 502 g/mol. The Balaban J connectivity index is 2.26. The number of aromatic nitrogens is 2. The van der Waals surface area contributed by atoms with Crippen LogP contribution in [0.15, 0.2) is 35.1 Å². The van der Waals surface area contributed by atoms with Crippen molar-refractivity contribution in [3.8, 4) is 5.69 Å². The molecule has 0 aliphatic heterocycles. The number of alkyl halides is 1. The number of hydrogen-bond acceptors (Lipinski definition) is 4. The molecule has 0 bridgehead atoms. The van der Waals surface area contributed by atoms with Gasteiger partial charge in [0.05, 0.1) is 49.2 Å². The minimum atomic E-state index is -0.506. The Labute approximate surface area is 190 Å². The van der Waals surface area contributed by atoms with Crippen LogP contribution in [0, 0.1) is 0 Å². The Morgan fingerprint density at radius 2 is 1.93 bits per heavy atom. The van der Waals surface area contributed by atoms with Gasteiger partial charge in [-0.1, -0.05) is 76.2 Å². The number of carbonyl (C=O) groups excluding carboxylic acids is 1. The van der Waals surface area contributed by atoms with Crippen molar-refractivity contribution >= 4 is 67.6 Å². The van der Waals surface area contributed by atoms with Crippen molar-refractivity contribution in [1.82, 2.24) is 9.55 Å².